The lowest BCUT2D eigenvalue weighted by molar-refractivity contribution is -0.115. The summed E-state index contributed by atoms with van der Waals surface area (Å²) in [6.07, 6.45) is 6.25. The third-order valence-electron chi connectivity index (χ3n) is 3.52. The lowest BCUT2D eigenvalue weighted by Gasteiger charge is -2.14. The number of benzene rings is 1. The van der Waals surface area contributed by atoms with Crippen LogP contribution in [0.1, 0.15) is 45.1 Å². The van der Waals surface area contributed by atoms with Gasteiger partial charge in [0.25, 0.3) is 5.91 Å². The van der Waals surface area contributed by atoms with Gasteiger partial charge in [-0.2, -0.15) is 0 Å². The maximum Gasteiger partial charge on any atom is 0.263 e. The summed E-state index contributed by atoms with van der Waals surface area (Å²) in [7, 11) is 0. The Hall–Kier alpha value is -1.24. The Morgan fingerprint density at radius 1 is 1.24 bits per heavy atom. The van der Waals surface area contributed by atoms with Gasteiger partial charge in [0.2, 0.25) is 0 Å². The van der Waals surface area contributed by atoms with E-state index in [0.29, 0.717) is 39.0 Å². The van der Waals surface area contributed by atoms with Crippen LogP contribution >= 0.6 is 35.6 Å². The number of hydrogen-bond acceptors (Lipinski definition) is 5. The molecule has 2 rings (SSSR count). The van der Waals surface area contributed by atoms with Crippen LogP contribution in [-0.2, 0) is 4.79 Å². The van der Waals surface area contributed by atoms with E-state index < -0.39 is 0 Å². The summed E-state index contributed by atoms with van der Waals surface area (Å²) in [5.41, 5.74) is 0.772. The normalized spacial score (nSPS) is 15.6. The minimum atomic E-state index is -0.194. The molecule has 0 spiro atoms. The van der Waals surface area contributed by atoms with Crippen molar-refractivity contribution in [1.82, 2.24) is 5.32 Å². The van der Waals surface area contributed by atoms with Gasteiger partial charge in [-0.15, -0.1) is 0 Å². The maximum absolute atomic E-state index is 11.8. The zero-order valence-electron chi connectivity index (χ0n) is 14.4. The van der Waals surface area contributed by atoms with Gasteiger partial charge in [0.15, 0.2) is 11.5 Å². The molecule has 0 saturated carbocycles. The van der Waals surface area contributed by atoms with Gasteiger partial charge < -0.3 is 14.8 Å². The smallest absolute Gasteiger partial charge is 0.263 e. The van der Waals surface area contributed by atoms with Gasteiger partial charge in [-0.1, -0.05) is 61.8 Å². The van der Waals surface area contributed by atoms with Crippen LogP contribution in [0.2, 0.25) is 5.02 Å². The Morgan fingerprint density at radius 2 is 2.04 bits per heavy atom. The van der Waals surface area contributed by atoms with E-state index in [2.05, 4.69) is 12.2 Å². The van der Waals surface area contributed by atoms with E-state index in [-0.39, 0.29) is 5.91 Å². The van der Waals surface area contributed by atoms with Crippen molar-refractivity contribution >= 4 is 51.9 Å². The second kappa shape index (κ2) is 10.0. The van der Waals surface area contributed by atoms with Gasteiger partial charge in [-0.25, -0.2) is 0 Å². The highest BCUT2D eigenvalue weighted by molar-refractivity contribution is 8.26. The molecule has 1 N–H and O–H groups in total. The molecule has 1 aliphatic heterocycles. The second-order valence-electron chi connectivity index (χ2n) is 5.52. The molecule has 25 heavy (non-hydrogen) atoms. The summed E-state index contributed by atoms with van der Waals surface area (Å²) in [6.45, 7) is 5.19. The van der Waals surface area contributed by atoms with E-state index in [4.69, 9.17) is 33.3 Å². The van der Waals surface area contributed by atoms with Crippen LogP contribution in [0.4, 0.5) is 0 Å². The fraction of sp³-hybridized carbons (Fsp3) is 0.444. The average molecular weight is 400 g/mol. The van der Waals surface area contributed by atoms with Crippen LogP contribution in [0.3, 0.4) is 0 Å². The maximum atomic E-state index is 11.8. The van der Waals surface area contributed by atoms with Crippen LogP contribution in [-0.4, -0.2) is 23.4 Å². The number of unbranched alkanes of at least 4 members (excludes halogenated alkanes) is 3. The monoisotopic (exact) mass is 399 g/mol. The Labute approximate surface area is 163 Å². The lowest BCUT2D eigenvalue weighted by atomic mass is 10.1. The van der Waals surface area contributed by atoms with E-state index in [1.807, 2.05) is 13.0 Å². The molecule has 0 atom stereocenters. The number of rotatable bonds is 9. The molecule has 0 unspecified atom stereocenters. The van der Waals surface area contributed by atoms with Crippen molar-refractivity contribution in [3.63, 3.8) is 0 Å². The predicted octanol–water partition coefficient (Wildman–Crippen LogP) is 5.19. The standard InChI is InChI=1S/C18H22ClNO3S2/c1-3-5-6-7-8-23-16-13(19)9-12(10-14(16)22-4-2)11-15-17(21)20-18(24)25-15/h9-11H,3-8H2,1-2H3,(H,20,21,24)/b15-11+. The van der Waals surface area contributed by atoms with Gasteiger partial charge in [-0.05, 0) is 37.1 Å². The van der Waals surface area contributed by atoms with Crippen molar-refractivity contribution in [3.05, 3.63) is 27.6 Å². The molecule has 0 aliphatic carbocycles. The Kier molecular flexibility index (Phi) is 8.06. The molecular weight excluding hydrogens is 378 g/mol. The van der Waals surface area contributed by atoms with E-state index in [1.165, 1.54) is 24.6 Å². The van der Waals surface area contributed by atoms with Crippen molar-refractivity contribution in [2.24, 2.45) is 0 Å². The van der Waals surface area contributed by atoms with Crippen molar-refractivity contribution < 1.29 is 14.3 Å². The summed E-state index contributed by atoms with van der Waals surface area (Å²) in [5.74, 6) is 0.949. The molecule has 136 valence electrons. The van der Waals surface area contributed by atoms with Crippen LogP contribution in [0.5, 0.6) is 11.5 Å². The highest BCUT2D eigenvalue weighted by Gasteiger charge is 2.22. The predicted molar refractivity (Wildman–Crippen MR) is 109 cm³/mol. The van der Waals surface area contributed by atoms with Crippen molar-refractivity contribution in [2.75, 3.05) is 13.2 Å². The Morgan fingerprint density at radius 3 is 2.68 bits per heavy atom. The Balaban J connectivity index is 2.17. The fourth-order valence-corrected chi connectivity index (χ4v) is 3.67. The molecule has 1 heterocycles. The number of ether oxygens (including phenoxy) is 2. The Bertz CT molecular complexity index is 677. The lowest BCUT2D eigenvalue weighted by Crippen LogP contribution is -2.17. The molecule has 1 aliphatic rings. The highest BCUT2D eigenvalue weighted by Crippen LogP contribution is 2.38. The number of hydrogen-bond donors (Lipinski definition) is 1. The first-order valence-electron chi connectivity index (χ1n) is 8.39. The first-order chi connectivity index (χ1) is 12.0. The molecule has 4 nitrogen and oxygen atoms in total. The first kappa shape index (κ1) is 20.1. The number of thiocarbonyl (C=S) groups is 1. The molecule has 7 heteroatoms. The average Bonchev–Trinajstić information content (AvgIpc) is 2.87. The molecule has 1 amide bonds. The third-order valence-corrected chi connectivity index (χ3v) is 4.96. The zero-order valence-corrected chi connectivity index (χ0v) is 16.8. The van der Waals surface area contributed by atoms with E-state index in [1.54, 1.807) is 12.1 Å². The minimum absolute atomic E-state index is 0.194. The highest BCUT2D eigenvalue weighted by atomic mass is 35.5. The number of thioether (sulfide) groups is 1. The summed E-state index contributed by atoms with van der Waals surface area (Å²) in [5, 5.41) is 3.07. The molecular formula is C18H22ClNO3S2. The number of nitrogens with one attached hydrogen (secondary N) is 1. The molecule has 1 fully saturated rings. The zero-order chi connectivity index (χ0) is 18.2. The number of amides is 1. The van der Waals surface area contributed by atoms with Crippen molar-refractivity contribution in [2.45, 2.75) is 39.5 Å². The van der Waals surface area contributed by atoms with Gasteiger partial charge in [0.05, 0.1) is 23.1 Å². The summed E-state index contributed by atoms with van der Waals surface area (Å²) in [6, 6.07) is 3.60. The van der Waals surface area contributed by atoms with E-state index in [0.717, 1.165) is 18.4 Å². The third kappa shape index (κ3) is 5.90. The SMILES string of the molecule is CCCCCCOc1c(Cl)cc(/C=C2/SC(=S)NC2=O)cc1OCC. The molecule has 0 bridgehead atoms. The topological polar surface area (TPSA) is 47.6 Å². The molecule has 1 aromatic rings. The van der Waals surface area contributed by atoms with Crippen LogP contribution in [0.25, 0.3) is 6.08 Å². The van der Waals surface area contributed by atoms with Crippen LogP contribution in [0.15, 0.2) is 17.0 Å². The van der Waals surface area contributed by atoms with Gasteiger partial charge in [-0.3, -0.25) is 4.79 Å². The number of carbonyl (C=O) groups is 1. The second-order valence-corrected chi connectivity index (χ2v) is 7.65. The van der Waals surface area contributed by atoms with Gasteiger partial charge in [0.1, 0.15) is 4.32 Å². The van der Waals surface area contributed by atoms with Crippen molar-refractivity contribution in [3.8, 4) is 11.5 Å². The van der Waals surface area contributed by atoms with Crippen LogP contribution in [0, 0.1) is 0 Å². The number of halogens is 1. The van der Waals surface area contributed by atoms with Crippen molar-refractivity contribution in [1.29, 1.82) is 0 Å². The fourth-order valence-electron chi connectivity index (χ4n) is 2.35. The number of carbonyl (C=O) groups excluding carboxylic acids is 1. The van der Waals surface area contributed by atoms with Gasteiger partial charge in [0, 0.05) is 0 Å². The summed E-state index contributed by atoms with van der Waals surface area (Å²) in [4.78, 5) is 12.3. The first-order valence-corrected chi connectivity index (χ1v) is 9.99. The molecule has 0 aromatic heterocycles. The molecule has 0 radical (unpaired) electrons. The largest absolute Gasteiger partial charge is 0.490 e. The summed E-state index contributed by atoms with van der Waals surface area (Å²) >= 11 is 12.6. The minimum Gasteiger partial charge on any atom is -0.490 e. The van der Waals surface area contributed by atoms with Crippen LogP contribution < -0.4 is 14.8 Å². The van der Waals surface area contributed by atoms with E-state index >= 15 is 0 Å². The van der Waals surface area contributed by atoms with E-state index in [9.17, 15) is 4.79 Å². The molecule has 1 aromatic carbocycles. The van der Waals surface area contributed by atoms with Gasteiger partial charge >= 0.3 is 0 Å². The quantitative estimate of drug-likeness (QED) is 0.352. The summed E-state index contributed by atoms with van der Waals surface area (Å²) < 4.78 is 12.0. The molecule has 1 saturated heterocycles.